The number of phosphoric acid groups is 1. The van der Waals surface area contributed by atoms with Gasteiger partial charge in [0, 0.05) is 20.7 Å². The van der Waals surface area contributed by atoms with E-state index in [0.29, 0.717) is 17.6 Å². The van der Waals surface area contributed by atoms with Crippen LogP contribution in [0, 0.1) is 0 Å². The Morgan fingerprint density at radius 2 is 1.31 bits per heavy atom. The highest BCUT2D eigenvalue weighted by Crippen LogP contribution is 2.44. The van der Waals surface area contributed by atoms with E-state index in [1.165, 1.54) is 102 Å². The van der Waals surface area contributed by atoms with Crippen molar-refractivity contribution >= 4 is 13.9 Å². The summed E-state index contributed by atoms with van der Waals surface area (Å²) in [5, 5.41) is 2.54. The van der Waals surface area contributed by atoms with Crippen LogP contribution in [0.25, 0.3) is 0 Å². The van der Waals surface area contributed by atoms with Gasteiger partial charge in [-0.15, -0.1) is 0 Å². The zero-order valence-electron chi connectivity index (χ0n) is 26.3. The van der Waals surface area contributed by atoms with Crippen molar-refractivity contribution in [3.05, 3.63) is 0 Å². The van der Waals surface area contributed by atoms with Crippen LogP contribution in [0.1, 0.15) is 110 Å². The molecular formula is C29H63N3O6P+. The van der Waals surface area contributed by atoms with Crippen LogP contribution >= 0.6 is 7.82 Å². The van der Waals surface area contributed by atoms with Crippen LogP contribution in [-0.2, 0) is 18.3 Å². The number of amides is 2. The van der Waals surface area contributed by atoms with E-state index in [-0.39, 0.29) is 25.8 Å². The third kappa shape index (κ3) is 26.0. The molecule has 0 aromatic heterocycles. The predicted octanol–water partition coefficient (Wildman–Crippen LogP) is 6.74. The van der Waals surface area contributed by atoms with Gasteiger partial charge in [0.05, 0.1) is 34.3 Å². The van der Waals surface area contributed by atoms with E-state index < -0.39 is 13.9 Å². The summed E-state index contributed by atoms with van der Waals surface area (Å²) in [5.74, 6) is 0. The molecule has 0 aliphatic rings. The standard InChI is InChI=1S/C29H62N3O6P/c1-7-8-9-10-11-12-13-14-15-16-17-18-19-20-21-22-24-36-27-28(26-31(3)29(33)30-2)38-39(34,35)37-25-23-32(4,5)6/h28H,7-27H2,1-6H3,(H-,30,33,34,35)/p+1. The molecule has 0 radical (unpaired) electrons. The number of phosphoric ester groups is 1. The molecule has 0 aromatic rings. The van der Waals surface area contributed by atoms with Crippen LogP contribution in [0.3, 0.4) is 0 Å². The van der Waals surface area contributed by atoms with Crippen LogP contribution in [0.2, 0.25) is 0 Å². The van der Waals surface area contributed by atoms with Gasteiger partial charge < -0.3 is 24.3 Å². The molecule has 2 amide bonds. The number of rotatable bonds is 27. The maximum Gasteiger partial charge on any atom is 0.472 e. The zero-order valence-corrected chi connectivity index (χ0v) is 27.2. The predicted molar refractivity (Wildman–Crippen MR) is 161 cm³/mol. The Hall–Kier alpha value is -0.700. The molecule has 0 aliphatic heterocycles. The number of carbonyl (C=O) groups is 1. The van der Waals surface area contributed by atoms with E-state index in [2.05, 4.69) is 12.2 Å². The summed E-state index contributed by atoms with van der Waals surface area (Å²) in [6, 6.07) is -0.305. The fraction of sp³-hybridized carbons (Fsp3) is 0.966. The SMILES string of the molecule is CCCCCCCCCCCCCCCCCCOCC(CN(C)C(=O)NC)OP(=O)(O)OCC[N+](C)(C)C. The van der Waals surface area contributed by atoms with Crippen molar-refractivity contribution in [3.8, 4) is 0 Å². The molecular weight excluding hydrogens is 517 g/mol. The number of nitrogens with one attached hydrogen (secondary N) is 1. The summed E-state index contributed by atoms with van der Waals surface area (Å²) in [6.45, 7) is 3.71. The summed E-state index contributed by atoms with van der Waals surface area (Å²) in [7, 11) is 4.78. The Kier molecular flexibility index (Phi) is 23.5. The summed E-state index contributed by atoms with van der Waals surface area (Å²) in [6.07, 6.45) is 20.3. The fourth-order valence-electron chi connectivity index (χ4n) is 4.31. The van der Waals surface area contributed by atoms with Crippen molar-refractivity contribution < 1.29 is 32.5 Å². The molecule has 2 N–H and O–H groups in total. The van der Waals surface area contributed by atoms with Crippen LogP contribution in [0.5, 0.6) is 0 Å². The molecule has 0 saturated carbocycles. The summed E-state index contributed by atoms with van der Waals surface area (Å²) in [4.78, 5) is 23.5. The third-order valence-electron chi connectivity index (χ3n) is 6.78. The van der Waals surface area contributed by atoms with E-state index in [0.717, 1.165) is 12.8 Å². The number of ether oxygens (including phenoxy) is 1. The molecule has 0 aromatic carbocycles. The van der Waals surface area contributed by atoms with E-state index in [4.69, 9.17) is 13.8 Å². The number of likely N-dealkylation sites (N-methyl/N-ethyl adjacent to an activating group) is 2. The lowest BCUT2D eigenvalue weighted by Gasteiger charge is -2.27. The Bertz CT molecular complexity index is 633. The highest BCUT2D eigenvalue weighted by molar-refractivity contribution is 7.47. The van der Waals surface area contributed by atoms with E-state index in [1.807, 2.05) is 21.1 Å². The van der Waals surface area contributed by atoms with E-state index in [9.17, 15) is 14.3 Å². The summed E-state index contributed by atoms with van der Waals surface area (Å²) < 4.78 is 29.3. The van der Waals surface area contributed by atoms with Crippen molar-refractivity contribution in [2.24, 2.45) is 0 Å². The van der Waals surface area contributed by atoms with Gasteiger partial charge in [-0.1, -0.05) is 103 Å². The molecule has 0 fully saturated rings. The van der Waals surface area contributed by atoms with Crippen molar-refractivity contribution in [3.63, 3.8) is 0 Å². The van der Waals surface area contributed by atoms with Gasteiger partial charge in [-0.25, -0.2) is 9.36 Å². The number of nitrogens with zero attached hydrogens (tertiary/aromatic N) is 2. The Labute approximate surface area is 240 Å². The minimum atomic E-state index is -4.27. The molecule has 2 unspecified atom stereocenters. The lowest BCUT2D eigenvalue weighted by atomic mass is 10.0. The van der Waals surface area contributed by atoms with Gasteiger partial charge in [0.2, 0.25) is 0 Å². The maximum absolute atomic E-state index is 12.5. The minimum absolute atomic E-state index is 0.0926. The number of hydrogen-bond acceptors (Lipinski definition) is 5. The molecule has 0 rings (SSSR count). The quantitative estimate of drug-likeness (QED) is 0.0634. The van der Waals surface area contributed by atoms with Crippen molar-refractivity contribution in [1.82, 2.24) is 10.2 Å². The topological polar surface area (TPSA) is 97.3 Å². The average molecular weight is 581 g/mol. The van der Waals surface area contributed by atoms with Crippen LogP contribution in [-0.4, -0.2) is 94.6 Å². The zero-order chi connectivity index (χ0) is 29.4. The molecule has 0 aliphatic carbocycles. The second-order valence-electron chi connectivity index (χ2n) is 11.9. The lowest BCUT2D eigenvalue weighted by molar-refractivity contribution is -0.870. The van der Waals surface area contributed by atoms with Crippen molar-refractivity contribution in [1.29, 1.82) is 0 Å². The average Bonchev–Trinajstić information content (AvgIpc) is 2.86. The number of carbonyl (C=O) groups excluding carboxylic acids is 1. The first-order valence-corrected chi connectivity index (χ1v) is 17.0. The molecule has 2 atom stereocenters. The summed E-state index contributed by atoms with van der Waals surface area (Å²) >= 11 is 0. The molecule has 0 heterocycles. The van der Waals surface area contributed by atoms with Gasteiger partial charge in [-0.3, -0.25) is 9.05 Å². The lowest BCUT2D eigenvalue weighted by Crippen LogP contribution is -2.42. The van der Waals surface area contributed by atoms with Crippen LogP contribution in [0.15, 0.2) is 0 Å². The normalized spacial score (nSPS) is 14.2. The van der Waals surface area contributed by atoms with Crippen molar-refractivity contribution in [2.45, 2.75) is 116 Å². The van der Waals surface area contributed by atoms with E-state index >= 15 is 0 Å². The summed E-state index contributed by atoms with van der Waals surface area (Å²) in [5.41, 5.74) is 0. The Morgan fingerprint density at radius 1 is 0.846 bits per heavy atom. The first-order valence-electron chi connectivity index (χ1n) is 15.5. The molecule has 234 valence electrons. The fourth-order valence-corrected chi connectivity index (χ4v) is 5.19. The van der Waals surface area contributed by atoms with Crippen LogP contribution < -0.4 is 5.32 Å². The van der Waals surface area contributed by atoms with Crippen LogP contribution in [0.4, 0.5) is 4.79 Å². The minimum Gasteiger partial charge on any atom is -0.379 e. The molecule has 39 heavy (non-hydrogen) atoms. The first-order chi connectivity index (χ1) is 18.5. The largest absolute Gasteiger partial charge is 0.472 e. The van der Waals surface area contributed by atoms with Gasteiger partial charge in [-0.05, 0) is 6.42 Å². The third-order valence-corrected chi connectivity index (χ3v) is 7.86. The van der Waals surface area contributed by atoms with Gasteiger partial charge in [0.25, 0.3) is 0 Å². The Morgan fingerprint density at radius 3 is 1.74 bits per heavy atom. The van der Waals surface area contributed by atoms with Gasteiger partial charge in [0.15, 0.2) is 0 Å². The van der Waals surface area contributed by atoms with E-state index in [1.54, 1.807) is 7.05 Å². The molecule has 10 heteroatoms. The second kappa shape index (κ2) is 24.0. The Balaban J connectivity index is 4.00. The highest BCUT2D eigenvalue weighted by atomic mass is 31.2. The first kappa shape index (κ1) is 38.3. The highest BCUT2D eigenvalue weighted by Gasteiger charge is 2.29. The molecule has 9 nitrogen and oxygen atoms in total. The van der Waals surface area contributed by atoms with Gasteiger partial charge in [0.1, 0.15) is 19.3 Å². The number of quaternary nitrogens is 1. The number of unbranched alkanes of at least 4 members (excludes halogenated alkanes) is 15. The van der Waals surface area contributed by atoms with Crippen molar-refractivity contribution in [2.75, 3.05) is 68.1 Å². The monoisotopic (exact) mass is 580 g/mol. The molecule has 0 spiro atoms. The van der Waals surface area contributed by atoms with Gasteiger partial charge >= 0.3 is 13.9 Å². The number of hydrogen-bond donors (Lipinski definition) is 2. The number of urea groups is 1. The smallest absolute Gasteiger partial charge is 0.379 e. The second-order valence-corrected chi connectivity index (χ2v) is 13.3. The molecule has 0 saturated heterocycles. The maximum atomic E-state index is 12.5. The van der Waals surface area contributed by atoms with Gasteiger partial charge in [-0.2, -0.15) is 0 Å². The molecule has 0 bridgehead atoms.